The van der Waals surface area contributed by atoms with Crippen molar-refractivity contribution < 1.29 is 9.90 Å². The largest absolute Gasteiger partial charge is 0.481 e. The number of aromatic amines is 1. The second kappa shape index (κ2) is 6.05. The molecule has 23 heavy (non-hydrogen) atoms. The summed E-state index contributed by atoms with van der Waals surface area (Å²) in [6, 6.07) is -0.100. The van der Waals surface area contributed by atoms with E-state index in [4.69, 9.17) is 0 Å². The van der Waals surface area contributed by atoms with Gasteiger partial charge < -0.3 is 10.1 Å². The number of aryl methyl sites for hydroxylation is 2. The molecule has 7 heteroatoms. The summed E-state index contributed by atoms with van der Waals surface area (Å²) in [7, 11) is 0. The van der Waals surface area contributed by atoms with E-state index in [9.17, 15) is 14.7 Å². The summed E-state index contributed by atoms with van der Waals surface area (Å²) < 4.78 is 0. The van der Waals surface area contributed by atoms with Gasteiger partial charge in [-0.25, -0.2) is 4.98 Å². The number of H-pyrrole nitrogens is 1. The maximum Gasteiger partial charge on any atom is 0.307 e. The molecule has 2 aromatic heterocycles. The number of fused-ring (bicyclic) bond motifs is 1. The molecule has 2 N–H and O–H groups in total. The molecular weight excluding hydrogens is 314 g/mol. The van der Waals surface area contributed by atoms with Crippen LogP contribution in [0.15, 0.2) is 4.79 Å². The van der Waals surface area contributed by atoms with Crippen LogP contribution in [0.2, 0.25) is 0 Å². The lowest BCUT2D eigenvalue weighted by Crippen LogP contribution is -2.40. The molecule has 0 amide bonds. The molecule has 2 unspecified atom stereocenters. The van der Waals surface area contributed by atoms with Gasteiger partial charge in [-0.2, -0.15) is 0 Å². The Hall–Kier alpha value is -1.73. The highest BCUT2D eigenvalue weighted by atomic mass is 32.1. The van der Waals surface area contributed by atoms with Gasteiger partial charge in [0.05, 0.1) is 17.3 Å². The van der Waals surface area contributed by atoms with Gasteiger partial charge in [-0.1, -0.05) is 0 Å². The molecule has 0 spiro atoms. The molecule has 1 fully saturated rings. The number of aliphatic carboxylic acids is 1. The second-order valence-corrected chi connectivity index (χ2v) is 7.47. The van der Waals surface area contributed by atoms with E-state index in [2.05, 4.69) is 14.9 Å². The SMILES string of the molecule is Cc1sc2nc(C(C)N3CCCC(C(=O)O)C3)[nH]c(=O)c2c1C. The standard InChI is InChI=1S/C16H21N3O3S/c1-8-10(3)23-15-12(8)14(20)17-13(18-15)9(2)19-6-4-5-11(7-19)16(21)22/h9,11H,4-7H2,1-3H3,(H,21,22)(H,17,18,20). The van der Waals surface area contributed by atoms with Gasteiger partial charge in [0, 0.05) is 11.4 Å². The molecule has 0 aromatic carbocycles. The monoisotopic (exact) mass is 335 g/mol. The van der Waals surface area contributed by atoms with E-state index in [1.54, 1.807) is 0 Å². The van der Waals surface area contributed by atoms with E-state index >= 15 is 0 Å². The van der Waals surface area contributed by atoms with E-state index in [0.717, 1.165) is 28.2 Å². The number of aromatic nitrogens is 2. The first kappa shape index (κ1) is 16.1. The highest BCUT2D eigenvalue weighted by Gasteiger charge is 2.29. The number of carboxylic acids is 1. The molecule has 0 bridgehead atoms. The lowest BCUT2D eigenvalue weighted by molar-refractivity contribution is -0.143. The average molecular weight is 335 g/mol. The predicted octanol–water partition coefficient (Wildman–Crippen LogP) is 2.46. The van der Waals surface area contributed by atoms with Crippen molar-refractivity contribution in [3.05, 3.63) is 26.6 Å². The van der Waals surface area contributed by atoms with E-state index in [1.807, 2.05) is 20.8 Å². The molecule has 1 aliphatic heterocycles. The van der Waals surface area contributed by atoms with Crippen LogP contribution in [0, 0.1) is 19.8 Å². The molecule has 6 nitrogen and oxygen atoms in total. The summed E-state index contributed by atoms with van der Waals surface area (Å²) in [5, 5.41) is 9.90. The molecule has 0 aliphatic carbocycles. The molecule has 124 valence electrons. The third kappa shape index (κ3) is 2.90. The number of likely N-dealkylation sites (tertiary alicyclic amines) is 1. The van der Waals surface area contributed by atoms with Crippen molar-refractivity contribution in [1.82, 2.24) is 14.9 Å². The number of nitrogens with one attached hydrogen (secondary N) is 1. The number of hydrogen-bond acceptors (Lipinski definition) is 5. The maximum absolute atomic E-state index is 12.4. The molecule has 0 radical (unpaired) electrons. The quantitative estimate of drug-likeness (QED) is 0.900. The van der Waals surface area contributed by atoms with Gasteiger partial charge in [0.2, 0.25) is 0 Å². The first-order valence-corrected chi connectivity index (χ1v) is 8.67. The minimum atomic E-state index is -0.747. The minimum absolute atomic E-state index is 0.100. The lowest BCUT2D eigenvalue weighted by atomic mass is 9.97. The number of rotatable bonds is 3. The number of thiophene rings is 1. The Balaban J connectivity index is 1.93. The first-order valence-electron chi connectivity index (χ1n) is 7.85. The summed E-state index contributed by atoms with van der Waals surface area (Å²) in [4.78, 5) is 35.1. The van der Waals surface area contributed by atoms with Gasteiger partial charge in [-0.3, -0.25) is 14.5 Å². The Morgan fingerprint density at radius 1 is 1.48 bits per heavy atom. The van der Waals surface area contributed by atoms with Crippen LogP contribution in [0.3, 0.4) is 0 Å². The van der Waals surface area contributed by atoms with Crippen LogP contribution in [-0.4, -0.2) is 39.0 Å². The lowest BCUT2D eigenvalue weighted by Gasteiger charge is -2.34. The molecule has 1 aliphatic rings. The van der Waals surface area contributed by atoms with Crippen molar-refractivity contribution in [2.24, 2.45) is 5.92 Å². The summed E-state index contributed by atoms with van der Waals surface area (Å²) in [5.41, 5.74) is 0.882. The molecule has 2 atom stereocenters. The second-order valence-electron chi connectivity index (χ2n) is 6.26. The summed E-state index contributed by atoms with van der Waals surface area (Å²) in [6.45, 7) is 7.24. The zero-order chi connectivity index (χ0) is 16.7. The van der Waals surface area contributed by atoms with Crippen molar-refractivity contribution in [2.75, 3.05) is 13.1 Å². The van der Waals surface area contributed by atoms with Crippen molar-refractivity contribution in [3.63, 3.8) is 0 Å². The highest BCUT2D eigenvalue weighted by molar-refractivity contribution is 7.18. The van der Waals surface area contributed by atoms with Crippen LogP contribution in [0.4, 0.5) is 0 Å². The van der Waals surface area contributed by atoms with Crippen LogP contribution in [0.5, 0.6) is 0 Å². The van der Waals surface area contributed by atoms with Gasteiger partial charge in [-0.05, 0) is 45.7 Å². The zero-order valence-electron chi connectivity index (χ0n) is 13.5. The molecule has 2 aromatic rings. The Bertz CT molecular complexity index is 811. The molecular formula is C16H21N3O3S. The van der Waals surface area contributed by atoms with Gasteiger partial charge >= 0.3 is 5.97 Å². The molecule has 0 saturated carbocycles. The van der Waals surface area contributed by atoms with Crippen LogP contribution < -0.4 is 5.56 Å². The van der Waals surface area contributed by atoms with Crippen LogP contribution in [0.1, 0.15) is 42.1 Å². The van der Waals surface area contributed by atoms with Crippen molar-refractivity contribution in [3.8, 4) is 0 Å². The maximum atomic E-state index is 12.4. The van der Waals surface area contributed by atoms with Gasteiger partial charge in [-0.15, -0.1) is 11.3 Å². The fourth-order valence-electron chi connectivity index (χ4n) is 3.20. The van der Waals surface area contributed by atoms with Crippen LogP contribution >= 0.6 is 11.3 Å². The number of piperidine rings is 1. The van der Waals surface area contributed by atoms with Gasteiger partial charge in [0.15, 0.2) is 0 Å². The van der Waals surface area contributed by atoms with Crippen LogP contribution in [-0.2, 0) is 4.79 Å². The van der Waals surface area contributed by atoms with E-state index in [0.29, 0.717) is 24.2 Å². The normalized spacial score (nSPS) is 20.7. The fraction of sp³-hybridized carbons (Fsp3) is 0.562. The highest BCUT2D eigenvalue weighted by Crippen LogP contribution is 2.29. The van der Waals surface area contributed by atoms with Gasteiger partial charge in [0.25, 0.3) is 5.56 Å². The molecule has 3 rings (SSSR count). The molecule has 3 heterocycles. The summed E-state index contributed by atoms with van der Waals surface area (Å²) in [6.07, 6.45) is 1.57. The van der Waals surface area contributed by atoms with Crippen molar-refractivity contribution in [2.45, 2.75) is 39.7 Å². The minimum Gasteiger partial charge on any atom is -0.481 e. The third-order valence-corrected chi connectivity index (χ3v) is 5.90. The van der Waals surface area contributed by atoms with Crippen molar-refractivity contribution >= 4 is 27.5 Å². The average Bonchev–Trinajstić information content (AvgIpc) is 2.81. The topological polar surface area (TPSA) is 86.3 Å². The third-order valence-electron chi connectivity index (χ3n) is 4.80. The van der Waals surface area contributed by atoms with Crippen molar-refractivity contribution in [1.29, 1.82) is 0 Å². The fourth-order valence-corrected chi connectivity index (χ4v) is 4.24. The summed E-state index contributed by atoms with van der Waals surface area (Å²) in [5.74, 6) is -0.467. The number of carboxylic acid groups (broad SMARTS) is 1. The number of nitrogens with zero attached hydrogens (tertiary/aromatic N) is 2. The Morgan fingerprint density at radius 3 is 2.91 bits per heavy atom. The van der Waals surface area contributed by atoms with Crippen LogP contribution in [0.25, 0.3) is 10.2 Å². The number of hydrogen-bond donors (Lipinski definition) is 2. The first-order chi connectivity index (χ1) is 10.9. The van der Waals surface area contributed by atoms with E-state index in [-0.39, 0.29) is 17.5 Å². The Kier molecular flexibility index (Phi) is 4.25. The predicted molar refractivity (Wildman–Crippen MR) is 90.1 cm³/mol. The van der Waals surface area contributed by atoms with E-state index < -0.39 is 5.97 Å². The summed E-state index contributed by atoms with van der Waals surface area (Å²) >= 11 is 1.53. The number of carbonyl (C=O) groups is 1. The van der Waals surface area contributed by atoms with Gasteiger partial charge in [0.1, 0.15) is 10.7 Å². The Labute approximate surface area is 138 Å². The van der Waals surface area contributed by atoms with E-state index in [1.165, 1.54) is 11.3 Å². The smallest absolute Gasteiger partial charge is 0.307 e. The Morgan fingerprint density at radius 2 is 2.22 bits per heavy atom. The zero-order valence-corrected chi connectivity index (χ0v) is 14.4. The molecule has 1 saturated heterocycles.